The van der Waals surface area contributed by atoms with Crippen molar-refractivity contribution >= 4 is 39.3 Å². The lowest BCUT2D eigenvalue weighted by Gasteiger charge is -2.10. The van der Waals surface area contributed by atoms with Crippen molar-refractivity contribution in [2.24, 2.45) is 0 Å². The van der Waals surface area contributed by atoms with Gasteiger partial charge in [0.15, 0.2) is 0 Å². The van der Waals surface area contributed by atoms with Crippen LogP contribution in [0.25, 0.3) is 22.2 Å². The van der Waals surface area contributed by atoms with Gasteiger partial charge in [-0.15, -0.1) is 0 Å². The number of carbonyl (C=O) groups excluding carboxylic acids is 1. The molecule has 0 bridgehead atoms. The molecule has 0 atom stereocenters. The quantitative estimate of drug-likeness (QED) is 0.577. The molecule has 110 valence electrons. The maximum atomic E-state index is 11.8. The molecule has 2 aromatic carbocycles. The molecule has 0 fully saturated rings. The van der Waals surface area contributed by atoms with E-state index in [9.17, 15) is 4.79 Å². The van der Waals surface area contributed by atoms with Gasteiger partial charge in [-0.1, -0.05) is 29.3 Å². The Balaban J connectivity index is 2.34. The van der Waals surface area contributed by atoms with Crippen LogP contribution in [-0.2, 0) is 0 Å². The first-order valence-corrected chi connectivity index (χ1v) is 7.59. The monoisotopic (exact) mass is 329 g/mol. The Labute approximate surface area is 138 Å². The molecule has 0 aliphatic carbocycles. The van der Waals surface area contributed by atoms with Crippen LogP contribution < -0.4 is 0 Å². The molecule has 22 heavy (non-hydrogen) atoms. The van der Waals surface area contributed by atoms with Crippen LogP contribution in [0.15, 0.2) is 42.5 Å². The second-order valence-electron chi connectivity index (χ2n) is 5.31. The van der Waals surface area contributed by atoms with E-state index in [2.05, 4.69) is 11.1 Å². The zero-order valence-electron chi connectivity index (χ0n) is 12.2. The van der Waals surface area contributed by atoms with Gasteiger partial charge in [0, 0.05) is 21.5 Å². The maximum Gasteiger partial charge on any atom is 0.253 e. The Morgan fingerprint density at radius 1 is 1.05 bits per heavy atom. The highest BCUT2D eigenvalue weighted by Gasteiger charge is 2.14. The molecule has 1 aromatic heterocycles. The molecule has 2 nitrogen and oxygen atoms in total. The molecule has 0 aliphatic rings. The van der Waals surface area contributed by atoms with Crippen LogP contribution in [0.2, 0.25) is 5.02 Å². The average Bonchev–Trinajstić information content (AvgIpc) is 2.48. The third kappa shape index (κ3) is 2.72. The van der Waals surface area contributed by atoms with Crippen LogP contribution in [0.1, 0.15) is 21.5 Å². The first kappa shape index (κ1) is 15.0. The summed E-state index contributed by atoms with van der Waals surface area (Å²) in [5, 5.41) is 0.704. The highest BCUT2D eigenvalue weighted by Crippen LogP contribution is 2.30. The van der Waals surface area contributed by atoms with E-state index in [1.165, 1.54) is 0 Å². The molecule has 0 N–H and O–H groups in total. The SMILES string of the molecule is Cc1ccc(C)c(-c2cc(C(=O)Cl)c3cc(Cl)ccc3n2)c1. The molecular formula is C18H13Cl2NO. The van der Waals surface area contributed by atoms with Gasteiger partial charge in [0.05, 0.1) is 11.2 Å². The molecule has 0 aliphatic heterocycles. The fraction of sp³-hybridized carbons (Fsp3) is 0.111. The number of aryl methyl sites for hydroxylation is 2. The van der Waals surface area contributed by atoms with E-state index in [0.29, 0.717) is 21.5 Å². The average molecular weight is 330 g/mol. The third-order valence-corrected chi connectivity index (χ3v) is 4.09. The van der Waals surface area contributed by atoms with Gasteiger partial charge in [0.25, 0.3) is 5.24 Å². The molecule has 0 amide bonds. The Bertz CT molecular complexity index is 903. The summed E-state index contributed by atoms with van der Waals surface area (Å²) in [6.45, 7) is 4.04. The van der Waals surface area contributed by atoms with Crippen LogP contribution >= 0.6 is 23.2 Å². The molecule has 0 spiro atoms. The van der Waals surface area contributed by atoms with Crippen molar-refractivity contribution in [3.05, 3.63) is 64.2 Å². The second-order valence-corrected chi connectivity index (χ2v) is 6.09. The van der Waals surface area contributed by atoms with Gasteiger partial charge in [0.2, 0.25) is 0 Å². The molecule has 0 unspecified atom stereocenters. The van der Waals surface area contributed by atoms with Crippen molar-refractivity contribution in [3.8, 4) is 11.3 Å². The van der Waals surface area contributed by atoms with Crippen molar-refractivity contribution in [1.82, 2.24) is 4.98 Å². The van der Waals surface area contributed by atoms with Crippen LogP contribution in [0.5, 0.6) is 0 Å². The van der Waals surface area contributed by atoms with Gasteiger partial charge in [-0.25, -0.2) is 4.98 Å². The van der Waals surface area contributed by atoms with Crippen LogP contribution in [0, 0.1) is 13.8 Å². The van der Waals surface area contributed by atoms with Gasteiger partial charge >= 0.3 is 0 Å². The summed E-state index contributed by atoms with van der Waals surface area (Å²) in [6.07, 6.45) is 0. The maximum absolute atomic E-state index is 11.8. The van der Waals surface area contributed by atoms with Crippen LogP contribution in [0.3, 0.4) is 0 Å². The first-order valence-electron chi connectivity index (χ1n) is 6.83. The minimum absolute atomic E-state index is 0.421. The predicted octanol–water partition coefficient (Wildman–Crippen LogP) is 5.55. The van der Waals surface area contributed by atoms with Crippen molar-refractivity contribution in [1.29, 1.82) is 0 Å². The van der Waals surface area contributed by atoms with E-state index in [1.54, 1.807) is 24.3 Å². The van der Waals surface area contributed by atoms with Gasteiger partial charge < -0.3 is 0 Å². The fourth-order valence-corrected chi connectivity index (χ4v) is 2.84. The number of rotatable bonds is 2. The zero-order chi connectivity index (χ0) is 15.9. The number of hydrogen-bond donors (Lipinski definition) is 0. The van der Waals surface area contributed by atoms with Gasteiger partial charge in [-0.3, -0.25) is 4.79 Å². The summed E-state index contributed by atoms with van der Waals surface area (Å²) in [4.78, 5) is 16.5. The molecule has 0 saturated heterocycles. The summed E-state index contributed by atoms with van der Waals surface area (Å²) in [5.41, 5.74) is 5.09. The first-order chi connectivity index (χ1) is 10.5. The van der Waals surface area contributed by atoms with E-state index >= 15 is 0 Å². The van der Waals surface area contributed by atoms with E-state index in [0.717, 1.165) is 22.4 Å². The lowest BCUT2D eigenvalue weighted by molar-refractivity contribution is 0.108. The van der Waals surface area contributed by atoms with Crippen LogP contribution in [0.4, 0.5) is 0 Å². The Hall–Kier alpha value is -1.90. The van der Waals surface area contributed by atoms with E-state index in [-0.39, 0.29) is 0 Å². The minimum Gasteiger partial charge on any atom is -0.276 e. The van der Waals surface area contributed by atoms with E-state index in [4.69, 9.17) is 23.2 Å². The molecular weight excluding hydrogens is 317 g/mol. The number of nitrogens with zero attached hydrogens (tertiary/aromatic N) is 1. The van der Waals surface area contributed by atoms with Gasteiger partial charge in [-0.2, -0.15) is 0 Å². The number of pyridine rings is 1. The Kier molecular flexibility index (Phi) is 3.90. The Morgan fingerprint density at radius 2 is 1.82 bits per heavy atom. The summed E-state index contributed by atoms with van der Waals surface area (Å²) in [6, 6.07) is 13.2. The molecule has 3 rings (SSSR count). The number of aromatic nitrogens is 1. The van der Waals surface area contributed by atoms with Gasteiger partial charge in [0.1, 0.15) is 0 Å². The highest BCUT2D eigenvalue weighted by atomic mass is 35.5. The molecule has 3 aromatic rings. The number of hydrogen-bond acceptors (Lipinski definition) is 2. The predicted molar refractivity (Wildman–Crippen MR) is 91.8 cm³/mol. The minimum atomic E-state index is -0.513. The molecule has 0 saturated carbocycles. The van der Waals surface area contributed by atoms with E-state index in [1.807, 2.05) is 26.0 Å². The zero-order valence-corrected chi connectivity index (χ0v) is 13.7. The molecule has 4 heteroatoms. The number of carbonyl (C=O) groups is 1. The fourth-order valence-electron chi connectivity index (χ4n) is 2.51. The smallest absolute Gasteiger partial charge is 0.253 e. The normalized spacial score (nSPS) is 10.9. The summed E-state index contributed by atoms with van der Waals surface area (Å²) >= 11 is 11.8. The highest BCUT2D eigenvalue weighted by molar-refractivity contribution is 6.68. The molecule has 1 heterocycles. The Morgan fingerprint density at radius 3 is 2.55 bits per heavy atom. The van der Waals surface area contributed by atoms with Gasteiger partial charge in [-0.05, 0) is 61.3 Å². The van der Waals surface area contributed by atoms with Crippen molar-refractivity contribution < 1.29 is 4.79 Å². The largest absolute Gasteiger partial charge is 0.276 e. The standard InChI is InChI=1S/C18H13Cl2NO/c1-10-3-4-11(2)13(7-10)17-9-15(18(20)22)14-8-12(19)5-6-16(14)21-17/h3-9H,1-2H3. The summed E-state index contributed by atoms with van der Waals surface area (Å²) in [5.74, 6) is 0. The lowest BCUT2D eigenvalue weighted by atomic mass is 9.99. The third-order valence-electron chi connectivity index (χ3n) is 3.65. The summed E-state index contributed by atoms with van der Waals surface area (Å²) < 4.78 is 0. The summed E-state index contributed by atoms with van der Waals surface area (Å²) in [7, 11) is 0. The van der Waals surface area contributed by atoms with Crippen LogP contribution in [-0.4, -0.2) is 10.2 Å². The number of benzene rings is 2. The van der Waals surface area contributed by atoms with Crippen molar-refractivity contribution in [2.75, 3.05) is 0 Å². The van der Waals surface area contributed by atoms with Crippen molar-refractivity contribution in [2.45, 2.75) is 13.8 Å². The number of halogens is 2. The number of fused-ring (bicyclic) bond motifs is 1. The lowest BCUT2D eigenvalue weighted by Crippen LogP contribution is -1.97. The second kappa shape index (κ2) is 5.71. The van der Waals surface area contributed by atoms with Crippen molar-refractivity contribution in [3.63, 3.8) is 0 Å². The van der Waals surface area contributed by atoms with E-state index < -0.39 is 5.24 Å². The molecule has 0 radical (unpaired) electrons. The topological polar surface area (TPSA) is 30.0 Å².